The molecule has 1 aromatic carbocycles. The number of carbonyl (C=O) groups is 2. The molecule has 0 bridgehead atoms. The van der Waals surface area contributed by atoms with Gasteiger partial charge in [-0.05, 0) is 25.0 Å². The van der Waals surface area contributed by atoms with Gasteiger partial charge in [-0.15, -0.1) is 0 Å². The maximum Gasteiger partial charge on any atom is 0.417 e. The van der Waals surface area contributed by atoms with Crippen LogP contribution in [0.4, 0.5) is 13.2 Å². The summed E-state index contributed by atoms with van der Waals surface area (Å²) in [6, 6.07) is 4.82. The molecular formula is C19H24F3N3O3. The number of amides is 2. The first-order chi connectivity index (χ1) is 13.3. The number of carbonyl (C=O) groups excluding carboxylic acids is 2. The highest BCUT2D eigenvalue weighted by atomic mass is 19.4. The highest BCUT2D eigenvalue weighted by Crippen LogP contribution is 2.32. The van der Waals surface area contributed by atoms with Gasteiger partial charge in [0.25, 0.3) is 5.91 Å². The molecule has 2 saturated heterocycles. The van der Waals surface area contributed by atoms with Crippen molar-refractivity contribution in [3.63, 3.8) is 0 Å². The average molecular weight is 399 g/mol. The number of piperazine rings is 1. The van der Waals surface area contributed by atoms with Gasteiger partial charge in [0, 0.05) is 39.3 Å². The molecule has 154 valence electrons. The summed E-state index contributed by atoms with van der Waals surface area (Å²) < 4.78 is 44.9. The number of nitrogens with one attached hydrogen (secondary N) is 1. The minimum Gasteiger partial charge on any atom is -0.376 e. The quantitative estimate of drug-likeness (QED) is 0.820. The van der Waals surface area contributed by atoms with Crippen molar-refractivity contribution >= 4 is 11.8 Å². The average Bonchev–Trinajstić information content (AvgIpc) is 3.19. The summed E-state index contributed by atoms with van der Waals surface area (Å²) in [5.74, 6) is -0.742. The minimum atomic E-state index is -4.57. The monoisotopic (exact) mass is 399 g/mol. The summed E-state index contributed by atoms with van der Waals surface area (Å²) >= 11 is 0. The van der Waals surface area contributed by atoms with Crippen LogP contribution in [0.25, 0.3) is 0 Å². The van der Waals surface area contributed by atoms with Crippen LogP contribution in [0.15, 0.2) is 24.3 Å². The van der Waals surface area contributed by atoms with E-state index in [4.69, 9.17) is 4.74 Å². The van der Waals surface area contributed by atoms with Crippen molar-refractivity contribution in [3.05, 3.63) is 35.4 Å². The van der Waals surface area contributed by atoms with Gasteiger partial charge in [-0.25, -0.2) is 0 Å². The third-order valence-corrected chi connectivity index (χ3v) is 5.04. The van der Waals surface area contributed by atoms with Crippen LogP contribution in [0.1, 0.15) is 28.8 Å². The van der Waals surface area contributed by atoms with E-state index in [0.29, 0.717) is 19.6 Å². The Morgan fingerprint density at radius 1 is 1.14 bits per heavy atom. The van der Waals surface area contributed by atoms with Crippen molar-refractivity contribution in [3.8, 4) is 0 Å². The minimum absolute atomic E-state index is 0.0760. The highest BCUT2D eigenvalue weighted by Gasteiger charge is 2.36. The van der Waals surface area contributed by atoms with Gasteiger partial charge in [-0.2, -0.15) is 13.2 Å². The molecule has 6 nitrogen and oxygen atoms in total. The fourth-order valence-corrected chi connectivity index (χ4v) is 3.49. The molecule has 0 spiro atoms. The van der Waals surface area contributed by atoms with Crippen LogP contribution in [0.5, 0.6) is 0 Å². The van der Waals surface area contributed by atoms with Gasteiger partial charge < -0.3 is 15.0 Å². The number of nitrogens with zero attached hydrogens (tertiary/aromatic N) is 2. The highest BCUT2D eigenvalue weighted by molar-refractivity contribution is 5.96. The summed E-state index contributed by atoms with van der Waals surface area (Å²) in [5.41, 5.74) is -1.26. The molecule has 1 atom stereocenters. The number of benzene rings is 1. The molecule has 0 saturated carbocycles. The number of alkyl halides is 3. The summed E-state index contributed by atoms with van der Waals surface area (Å²) in [6.07, 6.45) is -2.55. The smallest absolute Gasteiger partial charge is 0.376 e. The Morgan fingerprint density at radius 2 is 1.86 bits per heavy atom. The lowest BCUT2D eigenvalue weighted by Crippen LogP contribution is -2.51. The molecule has 2 amide bonds. The van der Waals surface area contributed by atoms with E-state index in [-0.39, 0.29) is 37.2 Å². The van der Waals surface area contributed by atoms with Crippen molar-refractivity contribution in [2.75, 3.05) is 45.9 Å². The number of rotatable bonds is 5. The molecule has 2 fully saturated rings. The van der Waals surface area contributed by atoms with Gasteiger partial charge in [0.15, 0.2) is 0 Å². The summed E-state index contributed by atoms with van der Waals surface area (Å²) in [7, 11) is 0. The van der Waals surface area contributed by atoms with Gasteiger partial charge in [-0.3, -0.25) is 14.5 Å². The maximum absolute atomic E-state index is 13.1. The van der Waals surface area contributed by atoms with E-state index in [1.807, 2.05) is 4.90 Å². The van der Waals surface area contributed by atoms with Crippen LogP contribution in [0.3, 0.4) is 0 Å². The first-order valence-corrected chi connectivity index (χ1v) is 9.41. The van der Waals surface area contributed by atoms with Crippen molar-refractivity contribution in [2.24, 2.45) is 0 Å². The zero-order valence-corrected chi connectivity index (χ0v) is 15.5. The fourth-order valence-electron chi connectivity index (χ4n) is 3.49. The second-order valence-corrected chi connectivity index (χ2v) is 7.05. The third-order valence-electron chi connectivity index (χ3n) is 5.04. The molecule has 28 heavy (non-hydrogen) atoms. The Hall–Kier alpha value is -2.13. The topological polar surface area (TPSA) is 61.9 Å². The number of hydrogen-bond donors (Lipinski definition) is 1. The molecule has 0 aromatic heterocycles. The van der Waals surface area contributed by atoms with Crippen LogP contribution in [0.2, 0.25) is 0 Å². The third kappa shape index (κ3) is 5.23. The molecule has 0 radical (unpaired) electrons. The Morgan fingerprint density at radius 3 is 2.50 bits per heavy atom. The first kappa shape index (κ1) is 20.6. The van der Waals surface area contributed by atoms with Gasteiger partial charge in [0.05, 0.1) is 23.8 Å². The number of ether oxygens (including phenoxy) is 1. The van der Waals surface area contributed by atoms with Crippen molar-refractivity contribution in [2.45, 2.75) is 25.1 Å². The molecule has 2 heterocycles. The zero-order valence-electron chi connectivity index (χ0n) is 15.5. The molecule has 1 N–H and O–H groups in total. The molecule has 3 rings (SSSR count). The van der Waals surface area contributed by atoms with Gasteiger partial charge in [0.1, 0.15) is 0 Å². The van der Waals surface area contributed by atoms with Crippen LogP contribution in [-0.4, -0.2) is 73.6 Å². The van der Waals surface area contributed by atoms with E-state index in [9.17, 15) is 22.8 Å². The predicted octanol–water partition coefficient (Wildman–Crippen LogP) is 1.76. The number of halogens is 3. The SMILES string of the molecule is O=C(CN1CCN(C(=O)c2ccccc2C(F)(F)F)CC1)NC[C@@H]1CCCO1. The van der Waals surface area contributed by atoms with E-state index in [1.165, 1.54) is 23.1 Å². The largest absolute Gasteiger partial charge is 0.417 e. The lowest BCUT2D eigenvalue weighted by molar-refractivity contribution is -0.138. The Kier molecular flexibility index (Phi) is 6.56. The van der Waals surface area contributed by atoms with Crippen molar-refractivity contribution in [1.29, 1.82) is 0 Å². The van der Waals surface area contributed by atoms with Crippen LogP contribution < -0.4 is 5.32 Å². The molecule has 2 aliphatic rings. The van der Waals surface area contributed by atoms with Crippen LogP contribution in [-0.2, 0) is 15.7 Å². The van der Waals surface area contributed by atoms with Crippen LogP contribution in [0, 0.1) is 0 Å². The number of hydrogen-bond acceptors (Lipinski definition) is 4. The van der Waals surface area contributed by atoms with Crippen molar-refractivity contribution < 1.29 is 27.5 Å². The Labute approximate surface area is 161 Å². The summed E-state index contributed by atoms with van der Waals surface area (Å²) in [6.45, 7) is 2.86. The van der Waals surface area contributed by atoms with Crippen LogP contribution >= 0.6 is 0 Å². The first-order valence-electron chi connectivity index (χ1n) is 9.41. The van der Waals surface area contributed by atoms with E-state index in [2.05, 4.69) is 5.32 Å². The second kappa shape index (κ2) is 8.91. The van der Waals surface area contributed by atoms with E-state index < -0.39 is 17.6 Å². The Bertz CT molecular complexity index is 697. The van der Waals surface area contributed by atoms with Gasteiger partial charge in [0.2, 0.25) is 5.91 Å². The van der Waals surface area contributed by atoms with Crippen molar-refractivity contribution in [1.82, 2.24) is 15.1 Å². The Balaban J connectivity index is 1.48. The molecular weight excluding hydrogens is 375 g/mol. The summed E-state index contributed by atoms with van der Waals surface area (Å²) in [4.78, 5) is 27.9. The van der Waals surface area contributed by atoms with Gasteiger partial charge >= 0.3 is 6.18 Å². The second-order valence-electron chi connectivity index (χ2n) is 7.05. The van der Waals surface area contributed by atoms with Gasteiger partial charge in [-0.1, -0.05) is 12.1 Å². The molecule has 0 unspecified atom stereocenters. The molecule has 2 aliphatic heterocycles. The lowest BCUT2D eigenvalue weighted by Gasteiger charge is -2.34. The molecule has 1 aromatic rings. The fraction of sp³-hybridized carbons (Fsp3) is 0.579. The predicted molar refractivity (Wildman–Crippen MR) is 95.8 cm³/mol. The maximum atomic E-state index is 13.1. The standard InChI is InChI=1S/C19H24F3N3O3/c20-19(21,22)16-6-2-1-5-15(16)18(27)25-9-7-24(8-10-25)13-17(26)23-12-14-4-3-11-28-14/h1-2,5-6,14H,3-4,7-13H2,(H,23,26)/t14-/m0/s1. The normalized spacial score (nSPS) is 21.0. The summed E-state index contributed by atoms with van der Waals surface area (Å²) in [5, 5.41) is 2.84. The lowest BCUT2D eigenvalue weighted by atomic mass is 10.1. The molecule has 0 aliphatic carbocycles. The van der Waals surface area contributed by atoms with E-state index >= 15 is 0 Å². The molecule has 9 heteroatoms. The van der Waals surface area contributed by atoms with E-state index in [0.717, 1.165) is 25.5 Å². The zero-order chi connectivity index (χ0) is 20.1. The van der Waals surface area contributed by atoms with E-state index in [1.54, 1.807) is 0 Å².